The lowest BCUT2D eigenvalue weighted by Crippen LogP contribution is -2.25. The van der Waals surface area contributed by atoms with E-state index in [0.29, 0.717) is 23.0 Å². The van der Waals surface area contributed by atoms with Gasteiger partial charge in [0.05, 0.1) is 24.7 Å². The molecule has 0 atom stereocenters. The van der Waals surface area contributed by atoms with Gasteiger partial charge in [-0.15, -0.1) is 11.8 Å². The molecule has 2 aromatic rings. The fourth-order valence-electron chi connectivity index (χ4n) is 1.92. The molecule has 0 aromatic carbocycles. The van der Waals surface area contributed by atoms with E-state index in [9.17, 15) is 9.59 Å². The Morgan fingerprint density at radius 2 is 1.28 bits per heavy atom. The van der Waals surface area contributed by atoms with Crippen LogP contribution in [0.5, 0.6) is 0 Å². The number of carbonyl (C=O) groups excluding carboxylic acids is 2. The molecule has 0 aliphatic heterocycles. The predicted octanol–water partition coefficient (Wildman–Crippen LogP) is 0.750. The second-order valence-corrected chi connectivity index (χ2v) is 5.97. The van der Waals surface area contributed by atoms with Crippen molar-refractivity contribution in [3.8, 4) is 0 Å². The number of rotatable bonds is 10. The third kappa shape index (κ3) is 5.96. The van der Waals surface area contributed by atoms with Crippen LogP contribution in [0.3, 0.4) is 0 Å². The quantitative estimate of drug-likeness (QED) is 0.488. The van der Waals surface area contributed by atoms with E-state index in [1.165, 1.54) is 11.8 Å². The Bertz CT molecular complexity index is 638. The first-order valence-electron chi connectivity index (χ1n) is 7.67. The zero-order valence-corrected chi connectivity index (χ0v) is 14.3. The summed E-state index contributed by atoms with van der Waals surface area (Å²) in [5, 5.41) is 22.4. The van der Waals surface area contributed by atoms with Crippen LogP contribution in [0.1, 0.15) is 32.6 Å². The second kappa shape index (κ2) is 9.92. The van der Waals surface area contributed by atoms with Gasteiger partial charge in [0.2, 0.25) is 0 Å². The average molecular weight is 368 g/mol. The van der Waals surface area contributed by atoms with E-state index in [-0.39, 0.29) is 49.6 Å². The number of thioether (sulfide) groups is 1. The van der Waals surface area contributed by atoms with Gasteiger partial charge in [-0.2, -0.15) is 0 Å². The van der Waals surface area contributed by atoms with Crippen molar-refractivity contribution in [1.82, 2.24) is 10.6 Å². The van der Waals surface area contributed by atoms with Crippen LogP contribution in [0.15, 0.2) is 33.1 Å². The molecule has 136 valence electrons. The van der Waals surface area contributed by atoms with Gasteiger partial charge in [0, 0.05) is 13.1 Å². The molecule has 0 unspecified atom stereocenters. The lowest BCUT2D eigenvalue weighted by molar-refractivity contribution is 0.0909. The normalized spacial score (nSPS) is 10.6. The molecule has 2 aromatic heterocycles. The van der Waals surface area contributed by atoms with Gasteiger partial charge in [-0.1, -0.05) is 0 Å². The molecular weight excluding hydrogens is 348 g/mol. The number of aliphatic hydroxyl groups excluding tert-OH is 2. The van der Waals surface area contributed by atoms with Gasteiger partial charge < -0.3 is 29.7 Å². The van der Waals surface area contributed by atoms with Gasteiger partial charge in [-0.3, -0.25) is 9.59 Å². The maximum absolute atomic E-state index is 11.7. The number of nitrogens with one attached hydrogen (secondary N) is 2. The summed E-state index contributed by atoms with van der Waals surface area (Å²) in [5.74, 6) is 2.04. The number of carbonyl (C=O) groups is 2. The molecule has 4 N–H and O–H groups in total. The predicted molar refractivity (Wildman–Crippen MR) is 91.3 cm³/mol. The zero-order chi connectivity index (χ0) is 18.1. The Balaban J connectivity index is 1.77. The first-order valence-corrected chi connectivity index (χ1v) is 8.82. The smallest absolute Gasteiger partial charge is 0.287 e. The number of amides is 2. The average Bonchev–Trinajstić information content (AvgIpc) is 3.27. The Morgan fingerprint density at radius 1 is 0.840 bits per heavy atom. The molecule has 0 radical (unpaired) electrons. The number of furan rings is 2. The fraction of sp³-hybridized carbons (Fsp3) is 0.375. The summed E-state index contributed by atoms with van der Waals surface area (Å²) < 4.78 is 10.9. The first kappa shape index (κ1) is 19.1. The summed E-state index contributed by atoms with van der Waals surface area (Å²) in [6, 6.07) is 6.60. The van der Waals surface area contributed by atoms with Gasteiger partial charge in [0.1, 0.15) is 11.5 Å². The molecule has 0 saturated carbocycles. The van der Waals surface area contributed by atoms with Crippen LogP contribution < -0.4 is 10.6 Å². The maximum atomic E-state index is 11.7. The highest BCUT2D eigenvalue weighted by atomic mass is 32.2. The zero-order valence-electron chi connectivity index (χ0n) is 13.5. The van der Waals surface area contributed by atoms with Crippen molar-refractivity contribution in [3.63, 3.8) is 0 Å². The van der Waals surface area contributed by atoms with Crippen LogP contribution in [-0.4, -0.2) is 48.3 Å². The molecule has 9 heteroatoms. The van der Waals surface area contributed by atoms with Gasteiger partial charge in [-0.25, -0.2) is 0 Å². The summed E-state index contributed by atoms with van der Waals surface area (Å²) in [6.45, 7) is 0.100. The van der Waals surface area contributed by atoms with E-state index in [2.05, 4.69) is 10.6 Å². The van der Waals surface area contributed by atoms with Crippen molar-refractivity contribution >= 4 is 23.6 Å². The van der Waals surface area contributed by atoms with E-state index in [1.54, 1.807) is 24.3 Å². The van der Waals surface area contributed by atoms with Crippen LogP contribution in [0.4, 0.5) is 0 Å². The Hall–Kier alpha value is -2.23. The summed E-state index contributed by atoms with van der Waals surface area (Å²) in [7, 11) is 0. The Kier molecular flexibility index (Phi) is 7.58. The summed E-state index contributed by atoms with van der Waals surface area (Å²) in [4.78, 5) is 23.3. The molecule has 0 bridgehead atoms. The monoisotopic (exact) mass is 368 g/mol. The highest BCUT2D eigenvalue weighted by Gasteiger charge is 2.12. The van der Waals surface area contributed by atoms with E-state index < -0.39 is 0 Å². The van der Waals surface area contributed by atoms with Crippen molar-refractivity contribution in [2.45, 2.75) is 11.5 Å². The standard InChI is InChI=1S/C16H20N2O6S/c19-7-5-17-15(21)13-3-1-11(23-13)9-25-10-12-2-4-14(24-12)16(22)18-6-8-20/h1-4,19-20H,5-10H2,(H,17,21)(H,18,22). The van der Waals surface area contributed by atoms with E-state index in [0.717, 1.165) is 0 Å². The van der Waals surface area contributed by atoms with Crippen molar-refractivity contribution in [3.05, 3.63) is 47.3 Å². The minimum Gasteiger partial charge on any atom is -0.455 e. The van der Waals surface area contributed by atoms with Gasteiger partial charge >= 0.3 is 0 Å². The molecule has 2 heterocycles. The molecular formula is C16H20N2O6S. The first-order chi connectivity index (χ1) is 12.1. The number of hydrogen-bond donors (Lipinski definition) is 4. The number of aliphatic hydroxyl groups is 2. The van der Waals surface area contributed by atoms with Crippen LogP contribution in [0.2, 0.25) is 0 Å². The van der Waals surface area contributed by atoms with Gasteiger partial charge in [-0.05, 0) is 24.3 Å². The highest BCUT2D eigenvalue weighted by molar-refractivity contribution is 7.97. The fourth-order valence-corrected chi connectivity index (χ4v) is 2.74. The van der Waals surface area contributed by atoms with Gasteiger partial charge in [0.15, 0.2) is 11.5 Å². The van der Waals surface area contributed by atoms with Crippen molar-refractivity contribution in [1.29, 1.82) is 0 Å². The van der Waals surface area contributed by atoms with E-state index in [1.807, 2.05) is 0 Å². The molecule has 0 aliphatic carbocycles. The van der Waals surface area contributed by atoms with Crippen LogP contribution in [0.25, 0.3) is 0 Å². The van der Waals surface area contributed by atoms with Crippen LogP contribution >= 0.6 is 11.8 Å². The minimum atomic E-state index is -0.366. The SMILES string of the molecule is O=C(NCCO)c1ccc(CSCc2ccc(C(=O)NCCO)o2)o1. The lowest BCUT2D eigenvalue weighted by atomic mass is 10.4. The Labute approximate surface area is 148 Å². The molecule has 0 saturated heterocycles. The largest absolute Gasteiger partial charge is 0.455 e. The van der Waals surface area contributed by atoms with Crippen molar-refractivity contribution in [2.24, 2.45) is 0 Å². The topological polar surface area (TPSA) is 125 Å². The third-order valence-electron chi connectivity index (χ3n) is 3.05. The minimum absolute atomic E-state index is 0.127. The van der Waals surface area contributed by atoms with E-state index >= 15 is 0 Å². The summed E-state index contributed by atoms with van der Waals surface area (Å²) in [6.07, 6.45) is 0. The molecule has 2 amide bonds. The van der Waals surface area contributed by atoms with Crippen LogP contribution in [-0.2, 0) is 11.5 Å². The van der Waals surface area contributed by atoms with E-state index in [4.69, 9.17) is 19.0 Å². The molecule has 8 nitrogen and oxygen atoms in total. The summed E-state index contributed by atoms with van der Waals surface area (Å²) in [5.41, 5.74) is 0. The molecule has 0 aliphatic rings. The number of hydrogen-bond acceptors (Lipinski definition) is 7. The second-order valence-electron chi connectivity index (χ2n) is 4.98. The highest BCUT2D eigenvalue weighted by Crippen LogP contribution is 2.21. The molecule has 2 rings (SSSR count). The van der Waals surface area contributed by atoms with Crippen molar-refractivity contribution in [2.75, 3.05) is 26.3 Å². The maximum Gasteiger partial charge on any atom is 0.287 e. The lowest BCUT2D eigenvalue weighted by Gasteiger charge is -2.00. The van der Waals surface area contributed by atoms with Crippen LogP contribution in [0, 0.1) is 0 Å². The third-order valence-corrected chi connectivity index (χ3v) is 4.03. The Morgan fingerprint density at radius 3 is 1.68 bits per heavy atom. The molecule has 0 spiro atoms. The van der Waals surface area contributed by atoms with Gasteiger partial charge in [0.25, 0.3) is 11.8 Å². The summed E-state index contributed by atoms with van der Waals surface area (Å²) >= 11 is 1.51. The van der Waals surface area contributed by atoms with Crippen molar-refractivity contribution < 1.29 is 28.6 Å². The molecule has 0 fully saturated rings. The molecule has 25 heavy (non-hydrogen) atoms.